The van der Waals surface area contributed by atoms with Crippen LogP contribution < -0.4 is 0 Å². The highest BCUT2D eigenvalue weighted by atomic mass is 35.5. The number of hydrogen-bond acceptors (Lipinski definition) is 2. The fourth-order valence-corrected chi connectivity index (χ4v) is 1.01. The quantitative estimate of drug-likeness (QED) is 0.459. The molecule has 0 saturated heterocycles. The molecule has 2 nitrogen and oxygen atoms in total. The van der Waals surface area contributed by atoms with Crippen LogP contribution in [0.5, 0.6) is 0 Å². The molecule has 2 atom stereocenters. The maximum absolute atomic E-state index is 9.91. The minimum absolute atomic E-state index is 0.0461. The van der Waals surface area contributed by atoms with E-state index in [1.54, 1.807) is 0 Å². The van der Waals surface area contributed by atoms with E-state index in [0.29, 0.717) is 6.47 Å². The van der Waals surface area contributed by atoms with Gasteiger partial charge in [0.25, 0.3) is 6.47 Å². The molecule has 0 aliphatic rings. The Morgan fingerprint density at radius 2 is 2.10 bits per heavy atom. The lowest BCUT2D eigenvalue weighted by molar-refractivity contribution is -0.133. The molecular formula is C7H13ClO2. The third kappa shape index (κ3) is 3.06. The fraction of sp³-hybridized carbons (Fsp3) is 0.857. The van der Waals surface area contributed by atoms with Gasteiger partial charge in [-0.05, 0) is 12.8 Å². The average molecular weight is 165 g/mol. The van der Waals surface area contributed by atoms with E-state index in [2.05, 4.69) is 0 Å². The Kier molecular flexibility index (Phi) is 5.40. The SMILES string of the molecule is CC[C@H](Cl)[C@@H](CC)OC=O. The topological polar surface area (TPSA) is 26.3 Å². The third-order valence-electron chi connectivity index (χ3n) is 1.43. The van der Waals surface area contributed by atoms with E-state index in [-0.39, 0.29) is 11.5 Å². The van der Waals surface area contributed by atoms with Crippen molar-refractivity contribution in [1.29, 1.82) is 0 Å². The molecule has 0 rings (SSSR count). The largest absolute Gasteiger partial charge is 0.463 e. The molecule has 3 heteroatoms. The summed E-state index contributed by atoms with van der Waals surface area (Å²) in [5.74, 6) is 0. The molecule has 0 spiro atoms. The molecule has 0 aromatic heterocycles. The molecule has 10 heavy (non-hydrogen) atoms. The fourth-order valence-electron chi connectivity index (χ4n) is 0.771. The Morgan fingerprint density at radius 1 is 1.50 bits per heavy atom. The molecule has 0 saturated carbocycles. The van der Waals surface area contributed by atoms with E-state index in [9.17, 15) is 4.79 Å². The van der Waals surface area contributed by atoms with Crippen LogP contribution in [0.4, 0.5) is 0 Å². The highest BCUT2D eigenvalue weighted by molar-refractivity contribution is 6.21. The molecule has 60 valence electrons. The summed E-state index contributed by atoms with van der Waals surface area (Å²) in [5, 5.41) is -0.0461. The van der Waals surface area contributed by atoms with Crippen LogP contribution >= 0.6 is 11.6 Å². The van der Waals surface area contributed by atoms with Gasteiger partial charge in [0.1, 0.15) is 6.10 Å². The van der Waals surface area contributed by atoms with Crippen LogP contribution in [0.15, 0.2) is 0 Å². The number of alkyl halides is 1. The summed E-state index contributed by atoms with van der Waals surface area (Å²) in [7, 11) is 0. The van der Waals surface area contributed by atoms with Crippen molar-refractivity contribution in [1.82, 2.24) is 0 Å². The van der Waals surface area contributed by atoms with Crippen molar-refractivity contribution in [2.45, 2.75) is 38.2 Å². The van der Waals surface area contributed by atoms with Gasteiger partial charge in [0.15, 0.2) is 0 Å². The number of rotatable bonds is 5. The molecule has 0 amide bonds. The standard InChI is InChI=1S/C7H13ClO2/c1-3-6(8)7(4-2)10-5-9/h5-7H,3-4H2,1-2H3/t6-,7+/m0/s1. The highest BCUT2D eigenvalue weighted by Gasteiger charge is 2.15. The molecular weight excluding hydrogens is 152 g/mol. The van der Waals surface area contributed by atoms with Gasteiger partial charge < -0.3 is 4.74 Å². The van der Waals surface area contributed by atoms with Gasteiger partial charge in [-0.15, -0.1) is 11.6 Å². The molecule has 0 N–H and O–H groups in total. The van der Waals surface area contributed by atoms with Gasteiger partial charge in [-0.25, -0.2) is 0 Å². The second kappa shape index (κ2) is 5.54. The van der Waals surface area contributed by atoms with Crippen LogP contribution in [0, 0.1) is 0 Å². The van der Waals surface area contributed by atoms with Crippen LogP contribution in [0.2, 0.25) is 0 Å². The molecule has 0 aliphatic carbocycles. The van der Waals surface area contributed by atoms with Crippen molar-refractivity contribution in [3.8, 4) is 0 Å². The lowest BCUT2D eigenvalue weighted by atomic mass is 10.1. The van der Waals surface area contributed by atoms with Gasteiger partial charge in [-0.3, -0.25) is 4.79 Å². The van der Waals surface area contributed by atoms with Crippen molar-refractivity contribution < 1.29 is 9.53 Å². The lowest BCUT2D eigenvalue weighted by Gasteiger charge is -2.16. The van der Waals surface area contributed by atoms with Crippen LogP contribution in [0.25, 0.3) is 0 Å². The van der Waals surface area contributed by atoms with Crippen molar-refractivity contribution in [3.63, 3.8) is 0 Å². The average Bonchev–Trinajstić information content (AvgIpc) is 1.99. The molecule has 0 bridgehead atoms. The minimum atomic E-state index is -0.121. The predicted octanol–water partition coefficient (Wildman–Crippen LogP) is 1.96. The van der Waals surface area contributed by atoms with Crippen LogP contribution in [-0.2, 0) is 9.53 Å². The first-order valence-electron chi connectivity index (χ1n) is 3.49. The van der Waals surface area contributed by atoms with Gasteiger partial charge in [-0.1, -0.05) is 13.8 Å². The first kappa shape index (κ1) is 9.76. The van der Waals surface area contributed by atoms with E-state index in [0.717, 1.165) is 12.8 Å². The van der Waals surface area contributed by atoms with Crippen molar-refractivity contribution in [2.75, 3.05) is 0 Å². The second-order valence-corrected chi connectivity index (χ2v) is 2.66. The number of carbonyl (C=O) groups is 1. The Bertz CT molecular complexity index is 95.6. The lowest BCUT2D eigenvalue weighted by Crippen LogP contribution is -2.22. The van der Waals surface area contributed by atoms with E-state index in [4.69, 9.17) is 16.3 Å². The first-order chi connectivity index (χ1) is 4.76. The maximum Gasteiger partial charge on any atom is 0.293 e. The van der Waals surface area contributed by atoms with Gasteiger partial charge in [0.05, 0.1) is 5.38 Å². The van der Waals surface area contributed by atoms with E-state index in [1.807, 2.05) is 13.8 Å². The van der Waals surface area contributed by atoms with Gasteiger partial charge in [0, 0.05) is 0 Å². The monoisotopic (exact) mass is 164 g/mol. The number of halogens is 1. The summed E-state index contributed by atoms with van der Waals surface area (Å²) < 4.78 is 4.73. The van der Waals surface area contributed by atoms with Gasteiger partial charge >= 0.3 is 0 Å². The molecule has 0 unspecified atom stereocenters. The maximum atomic E-state index is 9.91. The Morgan fingerprint density at radius 3 is 2.40 bits per heavy atom. The zero-order chi connectivity index (χ0) is 7.98. The second-order valence-electron chi connectivity index (χ2n) is 2.10. The van der Waals surface area contributed by atoms with E-state index >= 15 is 0 Å². The van der Waals surface area contributed by atoms with E-state index in [1.165, 1.54) is 0 Å². The molecule has 0 fully saturated rings. The molecule has 0 aliphatic heterocycles. The van der Waals surface area contributed by atoms with Crippen LogP contribution in [-0.4, -0.2) is 18.0 Å². The summed E-state index contributed by atoms with van der Waals surface area (Å²) >= 11 is 5.83. The molecule has 0 aromatic rings. The minimum Gasteiger partial charge on any atom is -0.463 e. The Balaban J connectivity index is 3.67. The van der Waals surface area contributed by atoms with Crippen LogP contribution in [0.3, 0.4) is 0 Å². The van der Waals surface area contributed by atoms with Crippen molar-refractivity contribution in [3.05, 3.63) is 0 Å². The normalized spacial score (nSPS) is 15.9. The molecule has 0 aromatic carbocycles. The van der Waals surface area contributed by atoms with Gasteiger partial charge in [-0.2, -0.15) is 0 Å². The zero-order valence-corrected chi connectivity index (χ0v) is 7.10. The van der Waals surface area contributed by atoms with Crippen LogP contribution in [0.1, 0.15) is 26.7 Å². The predicted molar refractivity (Wildman–Crippen MR) is 41.2 cm³/mol. The summed E-state index contributed by atoms with van der Waals surface area (Å²) in [6.07, 6.45) is 1.48. The number of hydrogen-bond donors (Lipinski definition) is 0. The summed E-state index contributed by atoms with van der Waals surface area (Å²) in [6, 6.07) is 0. The molecule has 0 radical (unpaired) electrons. The highest BCUT2D eigenvalue weighted by Crippen LogP contribution is 2.12. The third-order valence-corrected chi connectivity index (χ3v) is 2.02. The summed E-state index contributed by atoms with van der Waals surface area (Å²) in [5.41, 5.74) is 0. The number of carbonyl (C=O) groups excluding carboxylic acids is 1. The Labute approximate surface area is 66.5 Å². The smallest absolute Gasteiger partial charge is 0.293 e. The van der Waals surface area contributed by atoms with Gasteiger partial charge in [0.2, 0.25) is 0 Å². The molecule has 0 heterocycles. The number of ether oxygens (including phenoxy) is 1. The van der Waals surface area contributed by atoms with Crippen molar-refractivity contribution in [2.24, 2.45) is 0 Å². The Hall–Kier alpha value is -0.240. The summed E-state index contributed by atoms with van der Waals surface area (Å²) in [6.45, 7) is 4.37. The summed E-state index contributed by atoms with van der Waals surface area (Å²) in [4.78, 5) is 9.91. The first-order valence-corrected chi connectivity index (χ1v) is 3.93. The van der Waals surface area contributed by atoms with E-state index < -0.39 is 0 Å². The van der Waals surface area contributed by atoms with Crippen molar-refractivity contribution >= 4 is 18.1 Å². The zero-order valence-electron chi connectivity index (χ0n) is 6.34.